The average molecular weight is 387 g/mol. The summed E-state index contributed by atoms with van der Waals surface area (Å²) in [5.41, 5.74) is 0.686. The smallest absolute Gasteiger partial charge is 0.243 e. The molecule has 0 saturated carbocycles. The van der Waals surface area contributed by atoms with E-state index in [1.807, 2.05) is 18.2 Å². The molecule has 6 nitrogen and oxygen atoms in total. The maximum absolute atomic E-state index is 13.0. The van der Waals surface area contributed by atoms with Crippen molar-refractivity contribution in [3.8, 4) is 11.5 Å². The molecule has 7 heteroatoms. The van der Waals surface area contributed by atoms with Crippen LogP contribution < -0.4 is 9.47 Å². The van der Waals surface area contributed by atoms with Crippen LogP contribution in [0.1, 0.15) is 23.2 Å². The second kappa shape index (κ2) is 7.32. The molecule has 0 unspecified atom stereocenters. The number of fused-ring (bicyclic) bond motifs is 1. The summed E-state index contributed by atoms with van der Waals surface area (Å²) in [4.78, 5) is 12.8. The number of carbonyl (C=O) groups is 1. The lowest BCUT2D eigenvalue weighted by Gasteiger charge is -2.30. The van der Waals surface area contributed by atoms with Gasteiger partial charge in [0, 0.05) is 30.6 Å². The number of rotatable bonds is 4. The summed E-state index contributed by atoms with van der Waals surface area (Å²) in [5, 5.41) is 0. The van der Waals surface area contributed by atoms with Crippen molar-refractivity contribution in [1.82, 2.24) is 4.31 Å². The minimum atomic E-state index is -3.62. The van der Waals surface area contributed by atoms with E-state index in [4.69, 9.17) is 9.47 Å². The number of benzene rings is 2. The van der Waals surface area contributed by atoms with E-state index in [2.05, 4.69) is 0 Å². The highest BCUT2D eigenvalue weighted by molar-refractivity contribution is 7.89. The van der Waals surface area contributed by atoms with Crippen molar-refractivity contribution in [2.45, 2.75) is 17.7 Å². The second-order valence-corrected chi connectivity index (χ2v) is 8.65. The highest BCUT2D eigenvalue weighted by Gasteiger charge is 2.33. The van der Waals surface area contributed by atoms with E-state index in [1.54, 1.807) is 24.3 Å². The van der Waals surface area contributed by atoms with E-state index >= 15 is 0 Å². The van der Waals surface area contributed by atoms with Gasteiger partial charge in [-0.15, -0.1) is 0 Å². The van der Waals surface area contributed by atoms with Gasteiger partial charge in [0.25, 0.3) is 0 Å². The molecule has 2 aliphatic rings. The Hall–Kier alpha value is -2.38. The number of hydrogen-bond donors (Lipinski definition) is 0. The molecule has 2 aliphatic heterocycles. The van der Waals surface area contributed by atoms with Gasteiger partial charge in [0.1, 0.15) is 13.2 Å². The molecular formula is C20H21NO5S. The number of ketones is 1. The fourth-order valence-electron chi connectivity index (χ4n) is 3.53. The van der Waals surface area contributed by atoms with Gasteiger partial charge in [-0.2, -0.15) is 4.31 Å². The lowest BCUT2D eigenvalue weighted by Crippen LogP contribution is -2.40. The Morgan fingerprint density at radius 3 is 2.30 bits per heavy atom. The number of Topliss-reactive ketones (excluding diaryl/α,β-unsaturated/α-hetero) is 1. The Balaban J connectivity index is 1.46. The van der Waals surface area contributed by atoms with Crippen LogP contribution in [-0.2, 0) is 10.0 Å². The fraction of sp³-hybridized carbons (Fsp3) is 0.350. The van der Waals surface area contributed by atoms with Crippen molar-refractivity contribution in [3.05, 3.63) is 54.1 Å². The molecule has 0 atom stereocenters. The molecule has 4 rings (SSSR count). The summed E-state index contributed by atoms with van der Waals surface area (Å²) in [6.45, 7) is 1.53. The van der Waals surface area contributed by atoms with Crippen molar-refractivity contribution in [3.63, 3.8) is 0 Å². The van der Waals surface area contributed by atoms with Crippen LogP contribution in [0.25, 0.3) is 0 Å². The maximum Gasteiger partial charge on any atom is 0.243 e. The van der Waals surface area contributed by atoms with Crippen LogP contribution in [0.4, 0.5) is 0 Å². The van der Waals surface area contributed by atoms with Crippen LogP contribution >= 0.6 is 0 Å². The summed E-state index contributed by atoms with van der Waals surface area (Å²) < 4.78 is 38.3. The van der Waals surface area contributed by atoms with Gasteiger partial charge in [0.15, 0.2) is 17.3 Å². The fourth-order valence-corrected chi connectivity index (χ4v) is 5.02. The molecule has 2 aromatic rings. The third kappa shape index (κ3) is 3.57. The summed E-state index contributed by atoms with van der Waals surface area (Å²) >= 11 is 0. The number of ether oxygens (including phenoxy) is 2. The minimum Gasteiger partial charge on any atom is -0.486 e. The first-order valence-electron chi connectivity index (χ1n) is 9.05. The van der Waals surface area contributed by atoms with Gasteiger partial charge in [-0.25, -0.2) is 8.42 Å². The van der Waals surface area contributed by atoms with Crippen molar-refractivity contribution in [2.24, 2.45) is 5.92 Å². The van der Waals surface area contributed by atoms with Gasteiger partial charge < -0.3 is 9.47 Å². The third-order valence-corrected chi connectivity index (χ3v) is 6.93. The lowest BCUT2D eigenvalue weighted by atomic mass is 9.90. The summed E-state index contributed by atoms with van der Waals surface area (Å²) in [6, 6.07) is 13.9. The van der Waals surface area contributed by atoms with Gasteiger partial charge in [0.2, 0.25) is 10.0 Å². The van der Waals surface area contributed by atoms with E-state index in [1.165, 1.54) is 10.4 Å². The van der Waals surface area contributed by atoms with Crippen LogP contribution in [0.2, 0.25) is 0 Å². The molecule has 0 N–H and O–H groups in total. The van der Waals surface area contributed by atoms with Crippen molar-refractivity contribution < 1.29 is 22.7 Å². The average Bonchev–Trinajstić information content (AvgIpc) is 2.73. The molecule has 0 aliphatic carbocycles. The topological polar surface area (TPSA) is 72.9 Å². The molecule has 2 aromatic carbocycles. The molecule has 2 heterocycles. The number of hydrogen-bond acceptors (Lipinski definition) is 5. The molecule has 0 aromatic heterocycles. The molecule has 0 bridgehead atoms. The number of piperidine rings is 1. The first kappa shape index (κ1) is 18.0. The van der Waals surface area contributed by atoms with Gasteiger partial charge in [-0.05, 0) is 25.0 Å². The van der Waals surface area contributed by atoms with Gasteiger partial charge in [0.05, 0.1) is 4.90 Å². The van der Waals surface area contributed by atoms with E-state index < -0.39 is 10.0 Å². The SMILES string of the molecule is O=C(c1ccccc1)C1CCN(S(=O)(=O)c2ccc3c(c2)OCCO3)CC1. The lowest BCUT2D eigenvalue weighted by molar-refractivity contribution is 0.0875. The van der Waals surface area contributed by atoms with E-state index in [-0.39, 0.29) is 16.6 Å². The molecule has 1 saturated heterocycles. The van der Waals surface area contributed by atoms with Crippen LogP contribution in [0.5, 0.6) is 11.5 Å². The first-order chi connectivity index (χ1) is 13.1. The Bertz CT molecular complexity index is 934. The molecule has 142 valence electrons. The Morgan fingerprint density at radius 1 is 0.926 bits per heavy atom. The van der Waals surface area contributed by atoms with Crippen LogP contribution in [0.15, 0.2) is 53.4 Å². The van der Waals surface area contributed by atoms with E-state index in [0.717, 1.165) is 0 Å². The largest absolute Gasteiger partial charge is 0.486 e. The first-order valence-corrected chi connectivity index (χ1v) is 10.5. The monoisotopic (exact) mass is 387 g/mol. The summed E-state index contributed by atoms with van der Waals surface area (Å²) in [7, 11) is -3.62. The Labute approximate surface area is 158 Å². The van der Waals surface area contributed by atoms with Crippen molar-refractivity contribution >= 4 is 15.8 Å². The second-order valence-electron chi connectivity index (χ2n) is 6.71. The van der Waals surface area contributed by atoms with Gasteiger partial charge in [-0.3, -0.25) is 4.79 Å². The molecule has 27 heavy (non-hydrogen) atoms. The predicted molar refractivity (Wildman–Crippen MR) is 99.7 cm³/mol. The zero-order chi connectivity index (χ0) is 18.9. The minimum absolute atomic E-state index is 0.0898. The normalized spacial score (nSPS) is 18.2. The molecule has 0 amide bonds. The highest BCUT2D eigenvalue weighted by atomic mass is 32.2. The number of carbonyl (C=O) groups excluding carboxylic acids is 1. The Kier molecular flexibility index (Phi) is 4.88. The molecule has 1 fully saturated rings. The van der Waals surface area contributed by atoms with Crippen LogP contribution in [-0.4, -0.2) is 44.8 Å². The van der Waals surface area contributed by atoms with Crippen LogP contribution in [0, 0.1) is 5.92 Å². The van der Waals surface area contributed by atoms with Crippen molar-refractivity contribution in [1.29, 1.82) is 0 Å². The third-order valence-electron chi connectivity index (χ3n) is 5.03. The van der Waals surface area contributed by atoms with Gasteiger partial charge >= 0.3 is 0 Å². The van der Waals surface area contributed by atoms with E-state index in [0.29, 0.717) is 56.2 Å². The highest BCUT2D eigenvalue weighted by Crippen LogP contribution is 2.34. The van der Waals surface area contributed by atoms with Gasteiger partial charge in [-0.1, -0.05) is 30.3 Å². The standard InChI is InChI=1S/C20H21NO5S/c22-20(15-4-2-1-3-5-15)16-8-10-21(11-9-16)27(23,24)17-6-7-18-19(14-17)26-13-12-25-18/h1-7,14,16H,8-13H2. The predicted octanol–water partition coefficient (Wildman–Crippen LogP) is 2.74. The molecular weight excluding hydrogens is 366 g/mol. The Morgan fingerprint density at radius 2 is 1.59 bits per heavy atom. The zero-order valence-electron chi connectivity index (χ0n) is 14.8. The summed E-state index contributed by atoms with van der Waals surface area (Å²) in [5.74, 6) is 0.968. The number of sulfonamides is 1. The molecule has 0 radical (unpaired) electrons. The van der Waals surface area contributed by atoms with E-state index in [9.17, 15) is 13.2 Å². The number of nitrogens with zero attached hydrogens (tertiary/aromatic N) is 1. The zero-order valence-corrected chi connectivity index (χ0v) is 15.7. The quantitative estimate of drug-likeness (QED) is 0.755. The van der Waals surface area contributed by atoms with Crippen LogP contribution in [0.3, 0.4) is 0 Å². The summed E-state index contributed by atoms with van der Waals surface area (Å²) in [6.07, 6.45) is 1.05. The molecule has 0 spiro atoms. The van der Waals surface area contributed by atoms with Crippen molar-refractivity contribution in [2.75, 3.05) is 26.3 Å². The maximum atomic E-state index is 13.0.